The van der Waals surface area contributed by atoms with Gasteiger partial charge in [-0.1, -0.05) is 25.4 Å². The Bertz CT molecular complexity index is 694. The monoisotopic (exact) mass is 447 g/mol. The molecule has 0 spiro atoms. The summed E-state index contributed by atoms with van der Waals surface area (Å²) in [6.07, 6.45) is 0.726. The predicted molar refractivity (Wildman–Crippen MR) is 108 cm³/mol. The van der Waals surface area contributed by atoms with E-state index in [0.29, 0.717) is 15.7 Å². The van der Waals surface area contributed by atoms with E-state index in [1.807, 2.05) is 0 Å². The van der Waals surface area contributed by atoms with Crippen molar-refractivity contribution in [3.63, 3.8) is 0 Å². The quantitative estimate of drug-likeness (QED) is 0.652. The molecular weight excluding hydrogens is 422 g/mol. The number of aromatic nitrogens is 1. The zero-order valence-electron chi connectivity index (χ0n) is 15.9. The van der Waals surface area contributed by atoms with E-state index in [-0.39, 0.29) is 16.4 Å². The highest BCUT2D eigenvalue weighted by atomic mass is 79.9. The SMILES string of the molecule is CC1(C)CCN(c2c(Br)c(N)nc(Cl)c2[C@H](OC(C)(C)C)C(=O)O)CC1. The Labute approximate surface area is 168 Å². The highest BCUT2D eigenvalue weighted by Crippen LogP contribution is 2.45. The van der Waals surface area contributed by atoms with Gasteiger partial charge < -0.3 is 20.5 Å². The number of pyridine rings is 1. The van der Waals surface area contributed by atoms with Crippen LogP contribution >= 0.6 is 27.5 Å². The average molecular weight is 449 g/mol. The molecule has 26 heavy (non-hydrogen) atoms. The Morgan fingerprint density at radius 3 is 2.38 bits per heavy atom. The number of nitrogens with zero attached hydrogens (tertiary/aromatic N) is 2. The second-order valence-corrected chi connectivity index (χ2v) is 9.61. The second kappa shape index (κ2) is 7.52. The maximum atomic E-state index is 12.0. The molecule has 3 N–H and O–H groups in total. The molecular formula is C18H27BrClN3O3. The molecule has 146 valence electrons. The first-order chi connectivity index (χ1) is 11.8. The summed E-state index contributed by atoms with van der Waals surface area (Å²) in [5, 5.41) is 9.86. The molecule has 1 fully saturated rings. The molecule has 0 unspecified atom stereocenters. The molecule has 1 aliphatic heterocycles. The van der Waals surface area contributed by atoms with Gasteiger partial charge in [0.15, 0.2) is 6.10 Å². The van der Waals surface area contributed by atoms with Crippen molar-refractivity contribution in [2.75, 3.05) is 23.7 Å². The normalized spacial score (nSPS) is 18.7. The number of rotatable bonds is 4. The lowest BCUT2D eigenvalue weighted by Gasteiger charge is -2.40. The Kier molecular flexibility index (Phi) is 6.15. The number of piperidine rings is 1. The fourth-order valence-corrected chi connectivity index (χ4v) is 3.85. The van der Waals surface area contributed by atoms with E-state index in [0.717, 1.165) is 25.9 Å². The lowest BCUT2D eigenvalue weighted by molar-refractivity contribution is -0.160. The van der Waals surface area contributed by atoms with Crippen LogP contribution in [0.5, 0.6) is 0 Å². The molecule has 1 aliphatic rings. The number of carbonyl (C=O) groups is 1. The third kappa shape index (κ3) is 4.81. The maximum absolute atomic E-state index is 12.0. The van der Waals surface area contributed by atoms with E-state index >= 15 is 0 Å². The molecule has 2 heterocycles. The van der Waals surface area contributed by atoms with Crippen LogP contribution in [0.15, 0.2) is 4.47 Å². The minimum atomic E-state index is -1.24. The van der Waals surface area contributed by atoms with Gasteiger partial charge in [-0.15, -0.1) is 0 Å². The van der Waals surface area contributed by atoms with E-state index in [1.165, 1.54) is 0 Å². The van der Waals surface area contributed by atoms with Crippen molar-refractivity contribution in [3.8, 4) is 0 Å². The van der Waals surface area contributed by atoms with Gasteiger partial charge in [0.1, 0.15) is 11.0 Å². The molecule has 1 aromatic heterocycles. The minimum Gasteiger partial charge on any atom is -0.479 e. The zero-order chi connectivity index (χ0) is 19.9. The first-order valence-electron chi connectivity index (χ1n) is 8.62. The van der Waals surface area contributed by atoms with Crippen LogP contribution < -0.4 is 10.6 Å². The van der Waals surface area contributed by atoms with E-state index in [4.69, 9.17) is 22.1 Å². The molecule has 0 aliphatic carbocycles. The molecule has 1 atom stereocenters. The number of ether oxygens (including phenoxy) is 1. The third-order valence-corrected chi connectivity index (χ3v) is 5.59. The fraction of sp³-hybridized carbons (Fsp3) is 0.667. The van der Waals surface area contributed by atoms with Crippen molar-refractivity contribution >= 4 is 45.0 Å². The standard InChI is InChI=1S/C18H27BrClN3O3/c1-17(2,3)26-13(16(24)25)10-12(11(19)15(21)22-14(10)20)23-8-6-18(4,5)7-9-23/h13H,6-9H2,1-5H3,(H2,21,22)(H,24,25)/t13-/m0/s1. The molecule has 0 amide bonds. The van der Waals surface area contributed by atoms with Gasteiger partial charge in [0.2, 0.25) is 0 Å². The lowest BCUT2D eigenvalue weighted by Crippen LogP contribution is -2.39. The highest BCUT2D eigenvalue weighted by molar-refractivity contribution is 9.10. The van der Waals surface area contributed by atoms with Crippen LogP contribution in [-0.4, -0.2) is 34.8 Å². The number of carboxylic acid groups (broad SMARTS) is 1. The summed E-state index contributed by atoms with van der Waals surface area (Å²) in [4.78, 5) is 18.2. The average Bonchev–Trinajstić information content (AvgIpc) is 2.48. The molecule has 0 aromatic carbocycles. The van der Waals surface area contributed by atoms with E-state index in [1.54, 1.807) is 20.8 Å². The molecule has 1 aromatic rings. The van der Waals surface area contributed by atoms with Crippen molar-refractivity contribution in [1.82, 2.24) is 4.98 Å². The van der Waals surface area contributed by atoms with Crippen LogP contribution in [0.2, 0.25) is 5.15 Å². The van der Waals surface area contributed by atoms with Gasteiger partial charge >= 0.3 is 5.97 Å². The number of aliphatic carboxylic acids is 1. The predicted octanol–water partition coefficient (Wildman–Crippen LogP) is 4.65. The number of hydrogen-bond acceptors (Lipinski definition) is 5. The smallest absolute Gasteiger partial charge is 0.337 e. The van der Waals surface area contributed by atoms with Crippen molar-refractivity contribution < 1.29 is 14.6 Å². The summed E-state index contributed by atoms with van der Waals surface area (Å²) < 4.78 is 6.38. The lowest BCUT2D eigenvalue weighted by atomic mass is 9.82. The largest absolute Gasteiger partial charge is 0.479 e. The Morgan fingerprint density at radius 1 is 1.38 bits per heavy atom. The molecule has 0 saturated carbocycles. The van der Waals surface area contributed by atoms with E-state index in [2.05, 4.69) is 39.7 Å². The number of halogens is 2. The van der Waals surface area contributed by atoms with Crippen LogP contribution in [0, 0.1) is 5.41 Å². The molecule has 0 radical (unpaired) electrons. The molecule has 6 nitrogen and oxygen atoms in total. The summed E-state index contributed by atoms with van der Waals surface area (Å²) >= 11 is 9.86. The number of anilines is 2. The summed E-state index contributed by atoms with van der Waals surface area (Å²) in [6.45, 7) is 11.4. The number of nitrogens with two attached hydrogens (primary N) is 1. The fourth-order valence-electron chi connectivity index (χ4n) is 3.02. The van der Waals surface area contributed by atoms with Gasteiger partial charge in [0.25, 0.3) is 0 Å². The highest BCUT2D eigenvalue weighted by Gasteiger charge is 2.36. The number of hydrogen-bond donors (Lipinski definition) is 2. The third-order valence-electron chi connectivity index (χ3n) is 4.52. The van der Waals surface area contributed by atoms with E-state index in [9.17, 15) is 9.90 Å². The first kappa shape index (κ1) is 21.3. The topological polar surface area (TPSA) is 88.7 Å². The van der Waals surface area contributed by atoms with Crippen LogP contribution in [0.4, 0.5) is 11.5 Å². The zero-order valence-corrected chi connectivity index (χ0v) is 18.2. The van der Waals surface area contributed by atoms with Gasteiger partial charge in [-0.2, -0.15) is 0 Å². The molecule has 2 rings (SSSR count). The summed E-state index contributed by atoms with van der Waals surface area (Å²) in [7, 11) is 0. The second-order valence-electron chi connectivity index (χ2n) is 8.46. The van der Waals surface area contributed by atoms with Crippen LogP contribution in [-0.2, 0) is 9.53 Å². The van der Waals surface area contributed by atoms with Gasteiger partial charge in [0.05, 0.1) is 21.3 Å². The van der Waals surface area contributed by atoms with Crippen LogP contribution in [0.3, 0.4) is 0 Å². The minimum absolute atomic E-state index is 0.0576. The molecule has 8 heteroatoms. The summed E-state index contributed by atoms with van der Waals surface area (Å²) in [5.41, 5.74) is 6.59. The first-order valence-corrected chi connectivity index (χ1v) is 9.79. The van der Waals surface area contributed by atoms with Crippen molar-refractivity contribution in [2.45, 2.75) is 59.2 Å². The Hall–Kier alpha value is -1.05. The van der Waals surface area contributed by atoms with E-state index < -0.39 is 17.7 Å². The number of nitrogen functional groups attached to an aromatic ring is 1. The van der Waals surface area contributed by atoms with Crippen LogP contribution in [0.25, 0.3) is 0 Å². The van der Waals surface area contributed by atoms with Crippen molar-refractivity contribution in [2.24, 2.45) is 5.41 Å². The summed E-state index contributed by atoms with van der Waals surface area (Å²) in [6, 6.07) is 0. The van der Waals surface area contributed by atoms with Crippen LogP contribution in [0.1, 0.15) is 59.1 Å². The Balaban J connectivity index is 2.58. The molecule has 0 bridgehead atoms. The number of carboxylic acids is 1. The van der Waals surface area contributed by atoms with Gasteiger partial charge in [-0.3, -0.25) is 0 Å². The van der Waals surface area contributed by atoms with Gasteiger partial charge in [0, 0.05) is 13.1 Å². The van der Waals surface area contributed by atoms with Crippen molar-refractivity contribution in [1.29, 1.82) is 0 Å². The van der Waals surface area contributed by atoms with Crippen molar-refractivity contribution in [3.05, 3.63) is 15.2 Å². The Morgan fingerprint density at radius 2 is 1.92 bits per heavy atom. The van der Waals surface area contributed by atoms with Gasteiger partial charge in [-0.25, -0.2) is 9.78 Å². The molecule has 1 saturated heterocycles. The summed E-state index contributed by atoms with van der Waals surface area (Å²) in [5.74, 6) is -0.877. The maximum Gasteiger partial charge on any atom is 0.337 e. The van der Waals surface area contributed by atoms with Gasteiger partial charge in [-0.05, 0) is 55.0 Å².